The highest BCUT2D eigenvalue weighted by Crippen LogP contribution is 2.23. The van der Waals surface area contributed by atoms with E-state index >= 15 is 0 Å². The SMILES string of the molecule is C[C@@H](C(=O)NC1CCCC1)[S@](=O)Cc1ccc(Cl)c(Cl)c1. The minimum absolute atomic E-state index is 0.125. The van der Waals surface area contributed by atoms with Crippen molar-refractivity contribution in [1.82, 2.24) is 5.32 Å². The Bertz CT molecular complexity index is 544. The van der Waals surface area contributed by atoms with Gasteiger partial charge in [-0.25, -0.2) is 0 Å². The molecule has 1 fully saturated rings. The first kappa shape index (κ1) is 16.8. The van der Waals surface area contributed by atoms with E-state index in [0.29, 0.717) is 15.8 Å². The molecule has 116 valence electrons. The molecule has 0 heterocycles. The van der Waals surface area contributed by atoms with Gasteiger partial charge in [-0.1, -0.05) is 42.1 Å². The van der Waals surface area contributed by atoms with Crippen LogP contribution in [0.2, 0.25) is 10.0 Å². The van der Waals surface area contributed by atoms with Crippen molar-refractivity contribution < 1.29 is 9.00 Å². The molecule has 21 heavy (non-hydrogen) atoms. The van der Waals surface area contributed by atoms with E-state index in [9.17, 15) is 9.00 Å². The number of rotatable bonds is 5. The summed E-state index contributed by atoms with van der Waals surface area (Å²) in [5.41, 5.74) is 0.822. The first-order chi connectivity index (χ1) is 9.97. The summed E-state index contributed by atoms with van der Waals surface area (Å²) >= 11 is 11.8. The molecule has 6 heteroatoms. The van der Waals surface area contributed by atoms with Crippen LogP contribution in [0.25, 0.3) is 0 Å². The highest BCUT2D eigenvalue weighted by molar-refractivity contribution is 7.85. The number of carbonyl (C=O) groups is 1. The molecule has 1 amide bonds. The van der Waals surface area contributed by atoms with Gasteiger partial charge in [0.1, 0.15) is 5.25 Å². The summed E-state index contributed by atoms with van der Waals surface area (Å²) in [4.78, 5) is 12.1. The van der Waals surface area contributed by atoms with Gasteiger partial charge in [0.05, 0.1) is 10.0 Å². The molecular formula is C15H19Cl2NO2S. The zero-order chi connectivity index (χ0) is 15.4. The smallest absolute Gasteiger partial charge is 0.235 e. The van der Waals surface area contributed by atoms with Crippen molar-refractivity contribution in [3.63, 3.8) is 0 Å². The summed E-state index contributed by atoms with van der Waals surface area (Å²) in [6.07, 6.45) is 4.37. The molecule has 0 saturated heterocycles. The second kappa shape index (κ2) is 7.61. The lowest BCUT2D eigenvalue weighted by atomic mass is 10.2. The predicted molar refractivity (Wildman–Crippen MR) is 88.2 cm³/mol. The van der Waals surface area contributed by atoms with E-state index in [4.69, 9.17) is 23.2 Å². The second-order valence-corrected chi connectivity index (χ2v) is 7.98. The number of carbonyl (C=O) groups excluding carboxylic acids is 1. The van der Waals surface area contributed by atoms with Crippen molar-refractivity contribution in [2.45, 2.75) is 49.7 Å². The maximum atomic E-state index is 12.3. The van der Waals surface area contributed by atoms with E-state index in [1.165, 1.54) is 0 Å². The average Bonchev–Trinajstić information content (AvgIpc) is 2.94. The molecule has 0 radical (unpaired) electrons. The van der Waals surface area contributed by atoms with Crippen LogP contribution >= 0.6 is 23.2 Å². The van der Waals surface area contributed by atoms with Gasteiger partial charge in [-0.2, -0.15) is 0 Å². The Morgan fingerprint density at radius 1 is 1.33 bits per heavy atom. The normalized spacial score (nSPS) is 18.4. The molecule has 1 aliphatic rings. The molecule has 0 aliphatic heterocycles. The maximum absolute atomic E-state index is 12.3. The van der Waals surface area contributed by atoms with E-state index in [1.54, 1.807) is 25.1 Å². The molecule has 2 atom stereocenters. The molecule has 1 N–H and O–H groups in total. The van der Waals surface area contributed by atoms with Crippen molar-refractivity contribution >= 4 is 39.9 Å². The number of amides is 1. The minimum atomic E-state index is -1.27. The van der Waals surface area contributed by atoms with Crippen LogP contribution < -0.4 is 5.32 Å². The summed E-state index contributed by atoms with van der Waals surface area (Å²) in [5.74, 6) is 0.177. The Labute approximate surface area is 137 Å². The summed E-state index contributed by atoms with van der Waals surface area (Å²) < 4.78 is 12.3. The molecular weight excluding hydrogens is 329 g/mol. The average molecular weight is 348 g/mol. The molecule has 1 aromatic carbocycles. The van der Waals surface area contributed by atoms with Gasteiger partial charge < -0.3 is 5.32 Å². The van der Waals surface area contributed by atoms with Gasteiger partial charge in [-0.15, -0.1) is 0 Å². The largest absolute Gasteiger partial charge is 0.352 e. The summed E-state index contributed by atoms with van der Waals surface area (Å²) in [5, 5.41) is 3.37. The number of hydrogen-bond acceptors (Lipinski definition) is 2. The molecule has 0 bridgehead atoms. The maximum Gasteiger partial charge on any atom is 0.235 e. The van der Waals surface area contributed by atoms with E-state index in [0.717, 1.165) is 31.2 Å². The summed E-state index contributed by atoms with van der Waals surface area (Å²) in [7, 11) is -1.27. The third-order valence-electron chi connectivity index (χ3n) is 3.76. The van der Waals surface area contributed by atoms with Crippen LogP contribution in [-0.2, 0) is 21.3 Å². The molecule has 2 rings (SSSR count). The molecule has 1 saturated carbocycles. The van der Waals surface area contributed by atoms with Crippen LogP contribution in [0, 0.1) is 0 Å². The third-order valence-corrected chi connectivity index (χ3v) is 6.12. The quantitative estimate of drug-likeness (QED) is 0.882. The lowest BCUT2D eigenvalue weighted by Crippen LogP contribution is -2.40. The van der Waals surface area contributed by atoms with Crippen LogP contribution in [0.4, 0.5) is 0 Å². The van der Waals surface area contributed by atoms with Gasteiger partial charge in [0, 0.05) is 22.6 Å². The third kappa shape index (κ3) is 4.70. The molecule has 0 unspecified atom stereocenters. The molecule has 0 spiro atoms. The van der Waals surface area contributed by atoms with Crippen LogP contribution in [0.5, 0.6) is 0 Å². The van der Waals surface area contributed by atoms with Gasteiger partial charge in [0.15, 0.2) is 0 Å². The van der Waals surface area contributed by atoms with Crippen LogP contribution in [0.15, 0.2) is 18.2 Å². The minimum Gasteiger partial charge on any atom is -0.352 e. The summed E-state index contributed by atoms with van der Waals surface area (Å²) in [6.45, 7) is 1.71. The highest BCUT2D eigenvalue weighted by Gasteiger charge is 2.24. The number of halogens is 2. The lowest BCUT2D eigenvalue weighted by Gasteiger charge is -2.16. The van der Waals surface area contributed by atoms with Crippen LogP contribution in [0.3, 0.4) is 0 Å². The number of benzene rings is 1. The van der Waals surface area contributed by atoms with Crippen molar-refractivity contribution in [2.75, 3.05) is 0 Å². The van der Waals surface area contributed by atoms with Crippen molar-refractivity contribution in [3.05, 3.63) is 33.8 Å². The number of nitrogens with one attached hydrogen (secondary N) is 1. The lowest BCUT2D eigenvalue weighted by molar-refractivity contribution is -0.121. The standard InChI is InChI=1S/C15H19Cl2NO2S/c1-10(15(19)18-12-4-2-3-5-12)21(20)9-11-6-7-13(16)14(17)8-11/h6-8,10,12H,2-5,9H2,1H3,(H,18,19)/t10-,21+/m0/s1. The van der Waals surface area contributed by atoms with Crippen LogP contribution in [-0.4, -0.2) is 21.4 Å². The van der Waals surface area contributed by atoms with E-state index < -0.39 is 16.0 Å². The Morgan fingerprint density at radius 3 is 2.62 bits per heavy atom. The van der Waals surface area contributed by atoms with Gasteiger partial charge in [-0.05, 0) is 37.5 Å². The monoisotopic (exact) mass is 347 g/mol. The fourth-order valence-electron chi connectivity index (χ4n) is 2.43. The zero-order valence-corrected chi connectivity index (χ0v) is 14.2. The van der Waals surface area contributed by atoms with Gasteiger partial charge in [-0.3, -0.25) is 9.00 Å². The fraction of sp³-hybridized carbons (Fsp3) is 0.533. The van der Waals surface area contributed by atoms with Crippen molar-refractivity contribution in [1.29, 1.82) is 0 Å². The Kier molecular flexibility index (Phi) is 6.08. The molecule has 0 aromatic heterocycles. The Morgan fingerprint density at radius 2 is 2.00 bits per heavy atom. The van der Waals surface area contributed by atoms with Gasteiger partial charge in [0.2, 0.25) is 5.91 Å². The topological polar surface area (TPSA) is 46.2 Å². The van der Waals surface area contributed by atoms with Gasteiger partial charge >= 0.3 is 0 Å². The zero-order valence-electron chi connectivity index (χ0n) is 11.9. The van der Waals surface area contributed by atoms with Gasteiger partial charge in [0.25, 0.3) is 0 Å². The highest BCUT2D eigenvalue weighted by atomic mass is 35.5. The van der Waals surface area contributed by atoms with Crippen molar-refractivity contribution in [3.8, 4) is 0 Å². The summed E-state index contributed by atoms with van der Waals surface area (Å²) in [6, 6.07) is 5.42. The van der Waals surface area contributed by atoms with E-state index in [1.807, 2.05) is 0 Å². The Balaban J connectivity index is 1.91. The van der Waals surface area contributed by atoms with Crippen molar-refractivity contribution in [2.24, 2.45) is 0 Å². The molecule has 3 nitrogen and oxygen atoms in total. The first-order valence-corrected chi connectivity index (χ1v) is 9.22. The first-order valence-electron chi connectivity index (χ1n) is 7.09. The predicted octanol–water partition coefficient (Wildman–Crippen LogP) is 3.69. The number of hydrogen-bond donors (Lipinski definition) is 1. The van der Waals surface area contributed by atoms with E-state index in [2.05, 4.69) is 5.32 Å². The Hall–Kier alpha value is -0.580. The van der Waals surface area contributed by atoms with Crippen LogP contribution in [0.1, 0.15) is 38.2 Å². The molecule has 1 aliphatic carbocycles. The molecule has 1 aromatic rings. The second-order valence-electron chi connectivity index (χ2n) is 5.41. The van der Waals surface area contributed by atoms with E-state index in [-0.39, 0.29) is 11.9 Å². The fourth-order valence-corrected chi connectivity index (χ4v) is 3.81.